The molecule has 1 N–H and O–H groups in total. The molecule has 18 heavy (non-hydrogen) atoms. The van der Waals surface area contributed by atoms with Crippen molar-refractivity contribution in [3.8, 4) is 0 Å². The second-order valence-corrected chi connectivity index (χ2v) is 3.57. The Labute approximate surface area is 103 Å². The Balaban J connectivity index is 1.69. The third-order valence-corrected chi connectivity index (χ3v) is 2.37. The zero-order chi connectivity index (χ0) is 12.2. The molecule has 7 nitrogen and oxygen atoms in total. The fourth-order valence-electron chi connectivity index (χ4n) is 1.53. The molecule has 88 valence electrons. The molecule has 0 bridgehead atoms. The Hall–Kier alpha value is -2.70. The van der Waals surface area contributed by atoms with Crippen LogP contribution in [0.5, 0.6) is 0 Å². The van der Waals surface area contributed by atoms with Gasteiger partial charge in [-0.15, -0.1) is 0 Å². The smallest absolute Gasteiger partial charge is 0.170 e. The zero-order valence-corrected chi connectivity index (χ0v) is 9.30. The van der Waals surface area contributed by atoms with Gasteiger partial charge in [-0.2, -0.15) is 5.10 Å². The number of hydrogen-bond donors (Lipinski definition) is 1. The van der Waals surface area contributed by atoms with Gasteiger partial charge in [0.2, 0.25) is 0 Å². The molecule has 1 aromatic heterocycles. The van der Waals surface area contributed by atoms with Gasteiger partial charge in [0.1, 0.15) is 12.7 Å². The van der Waals surface area contributed by atoms with Crippen molar-refractivity contribution in [2.24, 2.45) is 25.1 Å². The molecule has 1 unspecified atom stereocenters. The van der Waals surface area contributed by atoms with Crippen LogP contribution in [0.15, 0.2) is 49.6 Å². The van der Waals surface area contributed by atoms with E-state index in [-0.39, 0.29) is 6.04 Å². The van der Waals surface area contributed by atoms with Crippen molar-refractivity contribution < 1.29 is 0 Å². The molecule has 1 aromatic rings. The van der Waals surface area contributed by atoms with Crippen LogP contribution >= 0.6 is 0 Å². The lowest BCUT2D eigenvalue weighted by atomic mass is 10.2. The van der Waals surface area contributed by atoms with Crippen molar-refractivity contribution in [2.75, 3.05) is 0 Å². The van der Waals surface area contributed by atoms with Gasteiger partial charge in [0.25, 0.3) is 0 Å². The van der Waals surface area contributed by atoms with Crippen molar-refractivity contribution in [2.45, 2.75) is 6.04 Å². The van der Waals surface area contributed by atoms with Crippen LogP contribution < -0.4 is 5.43 Å². The van der Waals surface area contributed by atoms with E-state index < -0.39 is 0 Å². The topological polar surface area (TPSA) is 86.7 Å². The predicted octanol–water partition coefficient (Wildman–Crippen LogP) is 0.254. The molecule has 0 aromatic carbocycles. The average molecular weight is 239 g/mol. The van der Waals surface area contributed by atoms with E-state index in [1.165, 1.54) is 12.7 Å². The van der Waals surface area contributed by atoms with Gasteiger partial charge in [0, 0.05) is 18.0 Å². The molecule has 3 rings (SSSR count). The van der Waals surface area contributed by atoms with Crippen LogP contribution in [0.1, 0.15) is 5.56 Å². The Bertz CT molecular complexity index is 583. The number of nitrogens with zero attached hydrogens (tertiary/aromatic N) is 6. The fraction of sp³-hybridized carbons (Fsp3) is 0.0909. The molecule has 0 spiro atoms. The Kier molecular flexibility index (Phi) is 2.71. The van der Waals surface area contributed by atoms with E-state index in [1.807, 2.05) is 12.1 Å². The van der Waals surface area contributed by atoms with Gasteiger partial charge in [-0.3, -0.25) is 15.4 Å². The SMILES string of the molecule is C1=NC2=NC=NC2C(N/N=C/c2cccnc2)=N1. The number of hydrogen-bond acceptors (Lipinski definition) is 7. The van der Waals surface area contributed by atoms with E-state index in [9.17, 15) is 0 Å². The molecule has 0 radical (unpaired) electrons. The van der Waals surface area contributed by atoms with Gasteiger partial charge in [0.05, 0.1) is 6.21 Å². The normalized spacial score (nSPS) is 20.8. The summed E-state index contributed by atoms with van der Waals surface area (Å²) in [6.07, 6.45) is 8.01. The Morgan fingerprint density at radius 2 is 2.28 bits per heavy atom. The van der Waals surface area contributed by atoms with Crippen LogP contribution in [0.2, 0.25) is 0 Å². The standard InChI is InChI=1S/C11H9N7/c1-2-8(4-12-3-1)5-17-18-11-9-10(14-6-13-9)15-7-16-11/h1-7,9H,(H,13,14,15,16,18)/b17-5+. The van der Waals surface area contributed by atoms with E-state index in [4.69, 9.17) is 0 Å². The first-order chi connectivity index (χ1) is 8.93. The maximum atomic E-state index is 4.14. The molecular weight excluding hydrogens is 230 g/mol. The van der Waals surface area contributed by atoms with Gasteiger partial charge in [-0.25, -0.2) is 15.0 Å². The van der Waals surface area contributed by atoms with Crippen LogP contribution in [0, 0.1) is 0 Å². The van der Waals surface area contributed by atoms with Crippen molar-refractivity contribution >= 4 is 30.6 Å². The lowest BCUT2D eigenvalue weighted by molar-refractivity contribution is 0.959. The van der Waals surface area contributed by atoms with Gasteiger partial charge < -0.3 is 0 Å². The lowest BCUT2D eigenvalue weighted by Crippen LogP contribution is -2.36. The highest BCUT2D eigenvalue weighted by molar-refractivity contribution is 6.19. The molecule has 0 amide bonds. The average Bonchev–Trinajstić information content (AvgIpc) is 2.89. The number of rotatable bonds is 2. The molecule has 1 atom stereocenters. The molecular formula is C11H9N7. The molecule has 7 heteroatoms. The van der Waals surface area contributed by atoms with E-state index in [2.05, 4.69) is 35.5 Å². The van der Waals surface area contributed by atoms with E-state index in [0.717, 1.165) is 5.56 Å². The largest absolute Gasteiger partial charge is 0.264 e. The van der Waals surface area contributed by atoms with Crippen LogP contribution in [-0.4, -0.2) is 41.6 Å². The Morgan fingerprint density at radius 3 is 3.17 bits per heavy atom. The van der Waals surface area contributed by atoms with Gasteiger partial charge in [-0.05, 0) is 6.07 Å². The van der Waals surface area contributed by atoms with E-state index >= 15 is 0 Å². The minimum atomic E-state index is -0.263. The predicted molar refractivity (Wildman–Crippen MR) is 70.6 cm³/mol. The van der Waals surface area contributed by atoms with Crippen molar-refractivity contribution in [3.63, 3.8) is 0 Å². The number of aromatic nitrogens is 1. The summed E-state index contributed by atoms with van der Waals surface area (Å²) >= 11 is 0. The first-order valence-electron chi connectivity index (χ1n) is 5.32. The summed E-state index contributed by atoms with van der Waals surface area (Å²) in [5, 5.41) is 4.09. The highest BCUT2D eigenvalue weighted by Gasteiger charge is 2.25. The molecule has 2 aliphatic rings. The second-order valence-electron chi connectivity index (χ2n) is 3.57. The summed E-state index contributed by atoms with van der Waals surface area (Å²) in [7, 11) is 0. The van der Waals surface area contributed by atoms with Gasteiger partial charge in [-0.1, -0.05) is 6.07 Å². The van der Waals surface area contributed by atoms with Crippen LogP contribution in [0.25, 0.3) is 0 Å². The Morgan fingerprint density at radius 1 is 1.28 bits per heavy atom. The maximum Gasteiger partial charge on any atom is 0.170 e. The number of aliphatic imine (C=N–C) groups is 4. The molecule has 3 heterocycles. The molecule has 2 aliphatic heterocycles. The van der Waals surface area contributed by atoms with E-state index in [1.54, 1.807) is 18.6 Å². The first kappa shape index (κ1) is 10.5. The highest BCUT2D eigenvalue weighted by Crippen LogP contribution is 2.07. The second kappa shape index (κ2) is 4.66. The molecule has 0 fully saturated rings. The van der Waals surface area contributed by atoms with Crippen molar-refractivity contribution in [1.29, 1.82) is 0 Å². The van der Waals surface area contributed by atoms with Crippen LogP contribution in [0.3, 0.4) is 0 Å². The third-order valence-electron chi connectivity index (χ3n) is 2.37. The summed E-state index contributed by atoms with van der Waals surface area (Å²) in [6.45, 7) is 0. The van der Waals surface area contributed by atoms with Crippen molar-refractivity contribution in [1.82, 2.24) is 10.4 Å². The first-order valence-corrected chi connectivity index (χ1v) is 5.32. The summed E-state index contributed by atoms with van der Waals surface area (Å²) < 4.78 is 0. The minimum absolute atomic E-state index is 0.263. The minimum Gasteiger partial charge on any atom is -0.264 e. The fourth-order valence-corrected chi connectivity index (χ4v) is 1.53. The number of hydrazone groups is 1. The summed E-state index contributed by atoms with van der Waals surface area (Å²) in [5.41, 5.74) is 3.75. The van der Waals surface area contributed by atoms with Crippen molar-refractivity contribution in [3.05, 3.63) is 30.1 Å². The highest BCUT2D eigenvalue weighted by atomic mass is 15.3. The van der Waals surface area contributed by atoms with Crippen LogP contribution in [-0.2, 0) is 0 Å². The van der Waals surface area contributed by atoms with E-state index in [0.29, 0.717) is 11.7 Å². The summed E-state index contributed by atoms with van der Waals surface area (Å²) in [6, 6.07) is 3.49. The summed E-state index contributed by atoms with van der Waals surface area (Å²) in [5.74, 6) is 1.24. The van der Waals surface area contributed by atoms with Crippen LogP contribution in [0.4, 0.5) is 0 Å². The number of nitrogens with one attached hydrogen (secondary N) is 1. The molecule has 0 saturated heterocycles. The number of pyridine rings is 1. The lowest BCUT2D eigenvalue weighted by Gasteiger charge is -2.12. The number of fused-ring (bicyclic) bond motifs is 1. The third kappa shape index (κ3) is 2.05. The summed E-state index contributed by atoms with van der Waals surface area (Å²) in [4.78, 5) is 20.3. The van der Waals surface area contributed by atoms with Gasteiger partial charge in [0.15, 0.2) is 17.7 Å². The quantitative estimate of drug-likeness (QED) is 0.592. The monoisotopic (exact) mass is 239 g/mol. The number of amidine groups is 2. The molecule has 0 saturated carbocycles. The zero-order valence-electron chi connectivity index (χ0n) is 9.30. The van der Waals surface area contributed by atoms with Gasteiger partial charge >= 0.3 is 0 Å². The maximum absolute atomic E-state index is 4.14. The molecule has 0 aliphatic carbocycles.